The van der Waals surface area contributed by atoms with E-state index in [1.54, 1.807) is 17.8 Å². The molecule has 1 saturated heterocycles. The van der Waals surface area contributed by atoms with E-state index in [2.05, 4.69) is 9.89 Å². The van der Waals surface area contributed by atoms with E-state index in [0.717, 1.165) is 29.1 Å². The van der Waals surface area contributed by atoms with Crippen molar-refractivity contribution >= 4 is 16.9 Å². The lowest BCUT2D eigenvalue weighted by Gasteiger charge is -2.38. The van der Waals surface area contributed by atoms with Crippen LogP contribution < -0.4 is 0 Å². The Morgan fingerprint density at radius 3 is 2.50 bits per heavy atom. The first-order chi connectivity index (χ1) is 11.5. The van der Waals surface area contributed by atoms with Crippen LogP contribution in [0, 0.1) is 0 Å². The Labute approximate surface area is 142 Å². The van der Waals surface area contributed by atoms with Crippen LogP contribution in [0.5, 0.6) is 0 Å². The summed E-state index contributed by atoms with van der Waals surface area (Å²) in [6.45, 7) is 1.23. The van der Waals surface area contributed by atoms with Crippen LogP contribution in [0.25, 0.3) is 0 Å². The first-order valence-electron chi connectivity index (χ1n) is 7.70. The third-order valence-electron chi connectivity index (χ3n) is 4.60. The van der Waals surface area contributed by atoms with Gasteiger partial charge in [0, 0.05) is 12.3 Å². The molecule has 0 saturated carbocycles. The number of thioether (sulfide) groups is 1. The van der Waals surface area contributed by atoms with Crippen molar-refractivity contribution in [3.8, 4) is 0 Å². The van der Waals surface area contributed by atoms with E-state index < -0.39 is 17.3 Å². The molecule has 124 valence electrons. The molecular formula is C18H15F3N2S. The summed E-state index contributed by atoms with van der Waals surface area (Å²) in [4.78, 5) is 6.78. The van der Waals surface area contributed by atoms with Gasteiger partial charge in [0.25, 0.3) is 0 Å². The Hall–Kier alpha value is -1.95. The maximum Gasteiger partial charge on any atom is 0.416 e. The zero-order valence-corrected chi connectivity index (χ0v) is 13.6. The average molecular weight is 348 g/mol. The van der Waals surface area contributed by atoms with E-state index >= 15 is 0 Å². The molecule has 4 rings (SSSR count). The second-order valence-electron chi connectivity index (χ2n) is 5.90. The van der Waals surface area contributed by atoms with Gasteiger partial charge in [-0.1, -0.05) is 54.2 Å². The Balaban J connectivity index is 1.90. The summed E-state index contributed by atoms with van der Waals surface area (Å²) in [6.07, 6.45) is -4.35. The number of hydrogen-bond acceptors (Lipinski definition) is 3. The minimum absolute atomic E-state index is 0.445. The molecule has 1 atom stereocenters. The smallest absolute Gasteiger partial charge is 0.335 e. The highest BCUT2D eigenvalue weighted by Crippen LogP contribution is 2.45. The highest BCUT2D eigenvalue weighted by Gasteiger charge is 2.48. The van der Waals surface area contributed by atoms with Gasteiger partial charge in [-0.05, 0) is 23.3 Å². The lowest BCUT2D eigenvalue weighted by atomic mass is 9.81. The van der Waals surface area contributed by atoms with Crippen molar-refractivity contribution in [2.75, 3.05) is 18.8 Å². The van der Waals surface area contributed by atoms with Gasteiger partial charge in [0.2, 0.25) is 0 Å². The predicted octanol–water partition coefficient (Wildman–Crippen LogP) is 4.37. The van der Waals surface area contributed by atoms with E-state index in [4.69, 9.17) is 0 Å². The van der Waals surface area contributed by atoms with Crippen molar-refractivity contribution in [1.29, 1.82) is 0 Å². The Morgan fingerprint density at radius 2 is 1.75 bits per heavy atom. The van der Waals surface area contributed by atoms with Gasteiger partial charge in [-0.3, -0.25) is 4.99 Å². The second-order valence-corrected chi connectivity index (χ2v) is 6.97. The quantitative estimate of drug-likeness (QED) is 0.801. The van der Waals surface area contributed by atoms with Crippen LogP contribution in [0.4, 0.5) is 13.2 Å². The van der Waals surface area contributed by atoms with Crippen LogP contribution in [0.1, 0.15) is 16.7 Å². The average Bonchev–Trinajstić information content (AvgIpc) is 3.18. The largest absolute Gasteiger partial charge is 0.416 e. The lowest BCUT2D eigenvalue weighted by molar-refractivity contribution is -0.137. The van der Waals surface area contributed by atoms with E-state index in [0.29, 0.717) is 12.1 Å². The van der Waals surface area contributed by atoms with E-state index in [-0.39, 0.29) is 0 Å². The molecule has 0 aromatic heterocycles. The number of hydrogen-bond donors (Lipinski definition) is 0. The number of alkyl halides is 3. The SMILES string of the molecule is FC(F)(F)c1cccc(C2(c3ccccc3)CN=C3SCCN32)c1. The van der Waals surface area contributed by atoms with Crippen molar-refractivity contribution in [2.24, 2.45) is 4.99 Å². The molecule has 2 aliphatic heterocycles. The van der Waals surface area contributed by atoms with E-state index in [1.165, 1.54) is 12.1 Å². The number of fused-ring (bicyclic) bond motifs is 1. The topological polar surface area (TPSA) is 15.6 Å². The van der Waals surface area contributed by atoms with Gasteiger partial charge in [0.05, 0.1) is 12.1 Å². The summed E-state index contributed by atoms with van der Waals surface area (Å²) in [5.41, 5.74) is 0.354. The third-order valence-corrected chi connectivity index (χ3v) is 5.59. The van der Waals surface area contributed by atoms with Crippen LogP contribution in [0.3, 0.4) is 0 Å². The Morgan fingerprint density at radius 1 is 1.00 bits per heavy atom. The number of amidine groups is 1. The maximum absolute atomic E-state index is 13.2. The number of rotatable bonds is 2. The second kappa shape index (κ2) is 5.55. The van der Waals surface area contributed by atoms with Gasteiger partial charge in [-0.15, -0.1) is 0 Å². The van der Waals surface area contributed by atoms with Crippen molar-refractivity contribution in [3.05, 3.63) is 71.3 Å². The molecule has 2 heterocycles. The molecule has 0 radical (unpaired) electrons. The highest BCUT2D eigenvalue weighted by atomic mass is 32.2. The first-order valence-corrected chi connectivity index (χ1v) is 8.68. The maximum atomic E-state index is 13.2. The monoisotopic (exact) mass is 348 g/mol. The third kappa shape index (κ3) is 2.32. The zero-order chi connectivity index (χ0) is 16.8. The van der Waals surface area contributed by atoms with E-state index in [1.807, 2.05) is 30.3 Å². The molecule has 6 heteroatoms. The Bertz CT molecular complexity index is 788. The normalized spacial score (nSPS) is 23.3. The minimum atomic E-state index is -4.35. The fourth-order valence-corrected chi connectivity index (χ4v) is 4.50. The first kappa shape index (κ1) is 15.6. The highest BCUT2D eigenvalue weighted by molar-refractivity contribution is 8.14. The molecule has 2 nitrogen and oxygen atoms in total. The molecule has 0 spiro atoms. The molecule has 0 N–H and O–H groups in total. The van der Waals surface area contributed by atoms with Crippen LogP contribution in [-0.4, -0.2) is 28.9 Å². The van der Waals surface area contributed by atoms with E-state index in [9.17, 15) is 13.2 Å². The Kier molecular flexibility index (Phi) is 3.60. The fraction of sp³-hybridized carbons (Fsp3) is 0.278. The van der Waals surface area contributed by atoms with Gasteiger partial charge in [-0.2, -0.15) is 13.2 Å². The minimum Gasteiger partial charge on any atom is -0.335 e. The van der Waals surface area contributed by atoms with Crippen LogP contribution in [-0.2, 0) is 11.7 Å². The summed E-state index contributed by atoms with van der Waals surface area (Å²) in [5, 5.41) is 0.927. The molecule has 0 aliphatic carbocycles. The van der Waals surface area contributed by atoms with Crippen molar-refractivity contribution in [3.63, 3.8) is 0 Å². The molecule has 1 unspecified atom stereocenters. The number of nitrogens with zero attached hydrogens (tertiary/aromatic N) is 2. The molecule has 24 heavy (non-hydrogen) atoms. The molecule has 1 fully saturated rings. The number of benzene rings is 2. The van der Waals surface area contributed by atoms with Crippen LogP contribution in [0.15, 0.2) is 59.6 Å². The van der Waals surface area contributed by atoms with Gasteiger partial charge in [0.1, 0.15) is 5.54 Å². The molecule has 0 amide bonds. The van der Waals surface area contributed by atoms with Crippen LogP contribution >= 0.6 is 11.8 Å². The van der Waals surface area contributed by atoms with Gasteiger partial charge >= 0.3 is 6.18 Å². The summed E-state index contributed by atoms with van der Waals surface area (Å²) < 4.78 is 39.6. The molecule has 0 bridgehead atoms. The standard InChI is InChI=1S/C18H15F3N2S/c19-18(20,21)15-8-4-7-14(11-15)17(13-5-2-1-3-6-13)12-22-16-23(17)9-10-24-16/h1-8,11H,9-10,12H2. The summed E-state index contributed by atoms with van der Waals surface area (Å²) >= 11 is 1.67. The fourth-order valence-electron chi connectivity index (χ4n) is 3.48. The summed E-state index contributed by atoms with van der Waals surface area (Å²) in [5.74, 6) is 0.909. The zero-order valence-electron chi connectivity index (χ0n) is 12.8. The van der Waals surface area contributed by atoms with Gasteiger partial charge in [-0.25, -0.2) is 0 Å². The predicted molar refractivity (Wildman–Crippen MR) is 90.1 cm³/mol. The number of halogens is 3. The van der Waals surface area contributed by atoms with Crippen molar-refractivity contribution < 1.29 is 13.2 Å². The summed E-state index contributed by atoms with van der Waals surface area (Å²) in [7, 11) is 0. The molecule has 2 aliphatic rings. The van der Waals surface area contributed by atoms with Gasteiger partial charge < -0.3 is 4.90 Å². The molecule has 2 aromatic rings. The van der Waals surface area contributed by atoms with Crippen LogP contribution in [0.2, 0.25) is 0 Å². The van der Waals surface area contributed by atoms with Crippen molar-refractivity contribution in [2.45, 2.75) is 11.7 Å². The molecular weight excluding hydrogens is 333 g/mol. The number of aliphatic imine (C=N–C) groups is 1. The van der Waals surface area contributed by atoms with Gasteiger partial charge in [0.15, 0.2) is 5.17 Å². The molecule has 2 aromatic carbocycles. The van der Waals surface area contributed by atoms with Crippen molar-refractivity contribution in [1.82, 2.24) is 4.90 Å². The lowest BCUT2D eigenvalue weighted by Crippen LogP contribution is -2.45. The summed E-state index contributed by atoms with van der Waals surface area (Å²) in [6, 6.07) is 15.4.